The normalized spacial score (nSPS) is 16.6. The van der Waals surface area contributed by atoms with E-state index >= 15 is 0 Å². The van der Waals surface area contributed by atoms with Crippen LogP contribution in [0.25, 0.3) is 0 Å². The highest BCUT2D eigenvalue weighted by Gasteiger charge is 2.41. The largest absolute Gasteiger partial charge is 0.496 e. The Kier molecular flexibility index (Phi) is 12.7. The summed E-state index contributed by atoms with van der Waals surface area (Å²) in [6.45, 7) is 4.91. The second-order valence-electron chi connectivity index (χ2n) is 10.9. The third-order valence-corrected chi connectivity index (χ3v) is 7.63. The fourth-order valence-electron chi connectivity index (χ4n) is 5.09. The van der Waals surface area contributed by atoms with Gasteiger partial charge in [-0.2, -0.15) is 0 Å². The van der Waals surface area contributed by atoms with Gasteiger partial charge in [-0.05, 0) is 36.6 Å². The van der Waals surface area contributed by atoms with Crippen molar-refractivity contribution >= 4 is 23.8 Å². The van der Waals surface area contributed by atoms with E-state index in [4.69, 9.17) is 34.6 Å². The van der Waals surface area contributed by atoms with Crippen LogP contribution in [-0.2, 0) is 36.1 Å². The molecule has 0 radical (unpaired) electrons. The molecule has 0 saturated carbocycles. The number of carboxylic acid groups (broad SMARTS) is 3. The van der Waals surface area contributed by atoms with Crippen LogP contribution < -0.4 is 9.47 Å². The number of rotatable bonds is 12. The van der Waals surface area contributed by atoms with Crippen molar-refractivity contribution in [3.63, 3.8) is 0 Å². The lowest BCUT2D eigenvalue weighted by atomic mass is 9.84. The first-order valence-corrected chi connectivity index (χ1v) is 14.4. The minimum absolute atomic E-state index is 0.00627. The van der Waals surface area contributed by atoms with E-state index in [0.29, 0.717) is 44.9 Å². The van der Waals surface area contributed by atoms with Crippen LogP contribution in [0.4, 0.5) is 0 Å². The highest BCUT2D eigenvalue weighted by Crippen LogP contribution is 2.38. The number of carbonyl (C=O) groups excluding carboxylic acids is 1. The Morgan fingerprint density at radius 1 is 0.889 bits per heavy atom. The van der Waals surface area contributed by atoms with Crippen LogP contribution in [-0.4, -0.2) is 118 Å². The Morgan fingerprint density at radius 3 is 2.00 bits per heavy atom. The summed E-state index contributed by atoms with van der Waals surface area (Å²) in [5, 5.41) is 45.0. The van der Waals surface area contributed by atoms with E-state index in [0.717, 1.165) is 30.9 Å². The minimum atomic E-state index is -2.74. The van der Waals surface area contributed by atoms with E-state index in [-0.39, 0.29) is 12.5 Å². The van der Waals surface area contributed by atoms with Crippen LogP contribution in [0.1, 0.15) is 36.8 Å². The molecule has 1 amide bonds. The van der Waals surface area contributed by atoms with Gasteiger partial charge in [-0.15, -0.1) is 0 Å². The molecule has 2 aromatic rings. The maximum Gasteiger partial charge on any atom is 0.336 e. The van der Waals surface area contributed by atoms with Gasteiger partial charge in [0.2, 0.25) is 0 Å². The van der Waals surface area contributed by atoms with Gasteiger partial charge in [-0.3, -0.25) is 19.3 Å². The number of aliphatic hydroxyl groups is 2. The molecule has 2 fully saturated rings. The molecule has 2 saturated heterocycles. The first kappa shape index (κ1) is 35.2. The molecule has 0 atom stereocenters. The Balaban J connectivity index is 0.000000360. The Bertz CT molecular complexity index is 1290. The molecular formula is C31H40N2O12. The lowest BCUT2D eigenvalue weighted by Gasteiger charge is -2.39. The molecule has 0 unspecified atom stereocenters. The van der Waals surface area contributed by atoms with Crippen molar-refractivity contribution < 1.29 is 58.9 Å². The summed E-state index contributed by atoms with van der Waals surface area (Å²) < 4.78 is 16.4. The van der Waals surface area contributed by atoms with E-state index in [1.165, 1.54) is 5.56 Å². The predicted octanol–water partition coefficient (Wildman–Crippen LogP) is 1.17. The average Bonchev–Trinajstić information content (AvgIpc) is 3.01. The Morgan fingerprint density at radius 2 is 1.47 bits per heavy atom. The molecule has 2 aliphatic heterocycles. The number of ether oxygens (including phenoxy) is 3. The zero-order chi connectivity index (χ0) is 33.0. The smallest absolute Gasteiger partial charge is 0.336 e. The number of likely N-dealkylation sites (tertiary alicyclic amines) is 1. The monoisotopic (exact) mass is 632 g/mol. The molecule has 2 aromatic carbocycles. The fourth-order valence-corrected chi connectivity index (χ4v) is 5.09. The maximum atomic E-state index is 12.2. The van der Waals surface area contributed by atoms with Crippen molar-refractivity contribution in [1.29, 1.82) is 0 Å². The summed E-state index contributed by atoms with van der Waals surface area (Å²) in [5.41, 5.74) is -1.54. The summed E-state index contributed by atoms with van der Waals surface area (Å²) >= 11 is 0. The van der Waals surface area contributed by atoms with Gasteiger partial charge in [-0.1, -0.05) is 30.3 Å². The van der Waals surface area contributed by atoms with Gasteiger partial charge >= 0.3 is 17.9 Å². The topological polar surface area (TPSA) is 204 Å². The number of morpholine rings is 1. The summed E-state index contributed by atoms with van der Waals surface area (Å²) in [4.78, 5) is 46.8. The number of methoxy groups -OCH3 is 1. The van der Waals surface area contributed by atoms with Crippen molar-refractivity contribution in [2.45, 2.75) is 43.4 Å². The Hall–Kier alpha value is -4.24. The second kappa shape index (κ2) is 16.2. The molecule has 14 nitrogen and oxygen atoms in total. The van der Waals surface area contributed by atoms with Gasteiger partial charge in [0.1, 0.15) is 11.5 Å². The molecule has 0 aromatic heterocycles. The van der Waals surface area contributed by atoms with Crippen molar-refractivity contribution in [3.05, 3.63) is 59.7 Å². The van der Waals surface area contributed by atoms with E-state index in [9.17, 15) is 24.3 Å². The van der Waals surface area contributed by atoms with Crippen molar-refractivity contribution in [1.82, 2.24) is 9.80 Å². The number of benzene rings is 2. The zero-order valence-electron chi connectivity index (χ0n) is 25.1. The van der Waals surface area contributed by atoms with Crippen molar-refractivity contribution in [2.24, 2.45) is 0 Å². The van der Waals surface area contributed by atoms with Gasteiger partial charge in [0, 0.05) is 38.3 Å². The minimum Gasteiger partial charge on any atom is -0.496 e. The summed E-state index contributed by atoms with van der Waals surface area (Å²) in [5.74, 6) is -3.59. The number of aliphatic carboxylic acids is 3. The highest BCUT2D eigenvalue weighted by atomic mass is 16.5. The van der Waals surface area contributed by atoms with Gasteiger partial charge in [0.25, 0.3) is 5.91 Å². The lowest BCUT2D eigenvalue weighted by molar-refractivity contribution is -0.170. The van der Waals surface area contributed by atoms with Crippen LogP contribution in [0.2, 0.25) is 0 Å². The lowest BCUT2D eigenvalue weighted by Crippen LogP contribution is -2.43. The van der Waals surface area contributed by atoms with Crippen LogP contribution in [0.5, 0.6) is 11.5 Å². The van der Waals surface area contributed by atoms with E-state index in [2.05, 4.69) is 4.90 Å². The number of nitrogens with zero attached hydrogens (tertiary/aromatic N) is 2. The van der Waals surface area contributed by atoms with Gasteiger partial charge in [0.05, 0.1) is 38.8 Å². The van der Waals surface area contributed by atoms with E-state index in [1.54, 1.807) is 12.0 Å². The van der Waals surface area contributed by atoms with Crippen LogP contribution in [0, 0.1) is 0 Å². The highest BCUT2D eigenvalue weighted by molar-refractivity contribution is 5.88. The summed E-state index contributed by atoms with van der Waals surface area (Å²) in [7, 11) is 1.64. The third-order valence-electron chi connectivity index (χ3n) is 7.63. The van der Waals surface area contributed by atoms with Gasteiger partial charge < -0.3 is 44.6 Å². The molecular weight excluding hydrogens is 592 g/mol. The van der Waals surface area contributed by atoms with E-state index < -0.39 is 42.0 Å². The van der Waals surface area contributed by atoms with Crippen LogP contribution >= 0.6 is 0 Å². The molecule has 5 N–H and O–H groups in total. The molecule has 0 bridgehead atoms. The standard InChI is InChI=1S/C25H32N2O5.C6H8O7/c1-30-23-5-3-2-4-22(23)25(29)10-12-26(13-11-25)18-20-6-8-21(9-7-20)32-19-24(28)27-14-16-31-17-15-27;7-3(8)1-6(13,5(11)12)2-4(9)10/h2-9,29H,10-19H2,1H3;13H,1-2H2,(H,7,8)(H,9,10)(H,11,12). The molecule has 2 aliphatic rings. The molecule has 2 heterocycles. The number of hydrogen-bond donors (Lipinski definition) is 5. The van der Waals surface area contributed by atoms with Crippen LogP contribution in [0.15, 0.2) is 48.5 Å². The SMILES string of the molecule is COc1ccccc1C1(O)CCN(Cc2ccc(OCC(=O)N3CCOCC3)cc2)CC1.O=C(O)CC(O)(CC(=O)O)C(=O)O. The Labute approximate surface area is 260 Å². The molecule has 0 aliphatic carbocycles. The number of carboxylic acids is 3. The predicted molar refractivity (Wildman–Crippen MR) is 158 cm³/mol. The first-order valence-electron chi connectivity index (χ1n) is 14.4. The maximum absolute atomic E-state index is 12.2. The third kappa shape index (κ3) is 10.4. The first-order chi connectivity index (χ1) is 21.3. The summed E-state index contributed by atoms with van der Waals surface area (Å²) in [6.07, 6.45) is -0.959. The zero-order valence-corrected chi connectivity index (χ0v) is 25.1. The molecule has 45 heavy (non-hydrogen) atoms. The van der Waals surface area contributed by atoms with Gasteiger partial charge in [-0.25, -0.2) is 4.79 Å². The number of piperidine rings is 1. The molecule has 0 spiro atoms. The quantitative estimate of drug-likeness (QED) is 0.223. The molecule has 4 rings (SSSR count). The number of carbonyl (C=O) groups is 4. The number of hydrogen-bond acceptors (Lipinski definition) is 10. The fraction of sp³-hybridized carbons (Fsp3) is 0.484. The van der Waals surface area contributed by atoms with E-state index in [1.807, 2.05) is 48.5 Å². The number of amides is 1. The van der Waals surface area contributed by atoms with Crippen molar-refractivity contribution in [3.8, 4) is 11.5 Å². The second-order valence-corrected chi connectivity index (χ2v) is 10.9. The summed E-state index contributed by atoms with van der Waals surface area (Å²) in [6, 6.07) is 15.6. The van der Waals surface area contributed by atoms with Gasteiger partial charge in [0.15, 0.2) is 12.2 Å². The molecule has 14 heteroatoms. The average molecular weight is 633 g/mol. The number of para-hydroxylation sites is 1. The van der Waals surface area contributed by atoms with Crippen molar-refractivity contribution in [2.75, 3.05) is 53.1 Å². The van der Waals surface area contributed by atoms with Crippen LogP contribution in [0.3, 0.4) is 0 Å². The molecule has 246 valence electrons.